The van der Waals surface area contributed by atoms with Crippen LogP contribution in [0.4, 0.5) is 11.9 Å². The number of rotatable bonds is 4. The summed E-state index contributed by atoms with van der Waals surface area (Å²) < 4.78 is 1.57. The van der Waals surface area contributed by atoms with E-state index in [0.717, 1.165) is 19.3 Å². The normalized spacial score (nSPS) is 16.9. The number of hydrogen-bond donors (Lipinski definition) is 2. The van der Waals surface area contributed by atoms with Gasteiger partial charge in [0.1, 0.15) is 0 Å². The van der Waals surface area contributed by atoms with Crippen molar-refractivity contribution in [2.24, 2.45) is 0 Å². The molecule has 3 N–H and O–H groups in total. The highest BCUT2D eigenvalue weighted by molar-refractivity contribution is 5.38. The first-order chi connectivity index (χ1) is 9.21. The van der Waals surface area contributed by atoms with E-state index in [1.54, 1.807) is 17.1 Å². The monoisotopic (exact) mass is 259 g/mol. The van der Waals surface area contributed by atoms with Gasteiger partial charge in [-0.05, 0) is 31.7 Å². The summed E-state index contributed by atoms with van der Waals surface area (Å²) in [7, 11) is 0. The largest absolute Gasteiger partial charge is 0.368 e. The Morgan fingerprint density at radius 2 is 2.21 bits per heavy atom. The van der Waals surface area contributed by atoms with Crippen molar-refractivity contribution >= 4 is 11.9 Å². The highest BCUT2D eigenvalue weighted by Crippen LogP contribution is 2.37. The van der Waals surface area contributed by atoms with E-state index in [4.69, 9.17) is 5.73 Å². The third kappa shape index (κ3) is 2.23. The summed E-state index contributed by atoms with van der Waals surface area (Å²) in [4.78, 5) is 12.6. The molecule has 2 heterocycles. The summed E-state index contributed by atoms with van der Waals surface area (Å²) in [5.74, 6) is 1.17. The summed E-state index contributed by atoms with van der Waals surface area (Å²) in [5.41, 5.74) is 5.86. The Bertz CT molecular complexity index is 554. The molecule has 1 aliphatic carbocycles. The van der Waals surface area contributed by atoms with Crippen LogP contribution < -0.4 is 11.1 Å². The van der Waals surface area contributed by atoms with Crippen LogP contribution in [0, 0.1) is 0 Å². The van der Waals surface area contributed by atoms with Gasteiger partial charge in [0.2, 0.25) is 11.9 Å². The van der Waals surface area contributed by atoms with Crippen LogP contribution in [0.15, 0.2) is 18.5 Å². The van der Waals surface area contributed by atoms with Crippen LogP contribution in [0.3, 0.4) is 0 Å². The number of nitrogen functional groups attached to an aromatic ring is 1. The topological polar surface area (TPSA) is 94.5 Å². The van der Waals surface area contributed by atoms with Gasteiger partial charge in [-0.1, -0.05) is 6.92 Å². The lowest BCUT2D eigenvalue weighted by molar-refractivity contribution is 0.268. The van der Waals surface area contributed by atoms with Crippen molar-refractivity contribution in [1.29, 1.82) is 0 Å². The second-order valence-corrected chi connectivity index (χ2v) is 4.88. The number of nitrogens with two attached hydrogens (primary N) is 1. The second-order valence-electron chi connectivity index (χ2n) is 4.88. The predicted octanol–water partition coefficient (Wildman–Crippen LogP) is 1.38. The quantitative estimate of drug-likeness (QED) is 0.861. The van der Waals surface area contributed by atoms with Crippen molar-refractivity contribution in [3.63, 3.8) is 0 Å². The van der Waals surface area contributed by atoms with Gasteiger partial charge >= 0.3 is 0 Å². The van der Waals surface area contributed by atoms with E-state index < -0.39 is 0 Å². The Morgan fingerprint density at radius 1 is 1.37 bits per heavy atom. The van der Waals surface area contributed by atoms with E-state index in [0.29, 0.717) is 11.9 Å². The first-order valence-electron chi connectivity index (χ1n) is 6.50. The SMILES string of the molecule is CCC1(Nc2nc(N)nc(-n3cccn3)n2)CCC1. The van der Waals surface area contributed by atoms with Gasteiger partial charge in [-0.25, -0.2) is 4.68 Å². The molecule has 0 amide bonds. The van der Waals surface area contributed by atoms with Gasteiger partial charge in [0.25, 0.3) is 5.95 Å². The summed E-state index contributed by atoms with van der Waals surface area (Å²) in [6.07, 6.45) is 8.03. The van der Waals surface area contributed by atoms with Gasteiger partial charge in [-0.2, -0.15) is 20.1 Å². The zero-order valence-corrected chi connectivity index (χ0v) is 10.9. The highest BCUT2D eigenvalue weighted by atomic mass is 15.4. The van der Waals surface area contributed by atoms with Crippen LogP contribution in [0.25, 0.3) is 5.95 Å². The van der Waals surface area contributed by atoms with Crippen LogP contribution in [0.5, 0.6) is 0 Å². The van der Waals surface area contributed by atoms with Crippen LogP contribution in [0.1, 0.15) is 32.6 Å². The summed E-state index contributed by atoms with van der Waals surface area (Å²) in [5, 5.41) is 7.50. The zero-order valence-electron chi connectivity index (χ0n) is 10.9. The average molecular weight is 259 g/mol. The molecule has 1 aliphatic rings. The summed E-state index contributed by atoms with van der Waals surface area (Å²) >= 11 is 0. The smallest absolute Gasteiger partial charge is 0.257 e. The number of anilines is 2. The fourth-order valence-corrected chi connectivity index (χ4v) is 2.33. The van der Waals surface area contributed by atoms with Gasteiger partial charge in [0.15, 0.2) is 0 Å². The lowest BCUT2D eigenvalue weighted by atomic mass is 9.75. The Kier molecular flexibility index (Phi) is 2.81. The maximum absolute atomic E-state index is 5.74. The molecule has 0 aromatic carbocycles. The van der Waals surface area contributed by atoms with Crippen LogP contribution in [0.2, 0.25) is 0 Å². The predicted molar refractivity (Wildman–Crippen MR) is 71.9 cm³/mol. The molecule has 0 aliphatic heterocycles. The van der Waals surface area contributed by atoms with Crippen LogP contribution >= 0.6 is 0 Å². The fourth-order valence-electron chi connectivity index (χ4n) is 2.33. The lowest BCUT2D eigenvalue weighted by Gasteiger charge is -2.41. The molecule has 7 heteroatoms. The highest BCUT2D eigenvalue weighted by Gasteiger charge is 2.35. The second kappa shape index (κ2) is 4.49. The van der Waals surface area contributed by atoms with E-state index in [-0.39, 0.29) is 11.5 Å². The Balaban J connectivity index is 1.90. The molecule has 100 valence electrons. The lowest BCUT2D eigenvalue weighted by Crippen LogP contribution is -2.44. The average Bonchev–Trinajstić information content (AvgIpc) is 2.87. The van der Waals surface area contributed by atoms with E-state index in [1.807, 2.05) is 6.07 Å². The van der Waals surface area contributed by atoms with Crippen LogP contribution in [-0.4, -0.2) is 30.3 Å². The maximum Gasteiger partial charge on any atom is 0.257 e. The molecule has 3 rings (SSSR count). The third-order valence-corrected chi connectivity index (χ3v) is 3.71. The maximum atomic E-state index is 5.74. The minimum Gasteiger partial charge on any atom is -0.368 e. The molecule has 1 fully saturated rings. The molecule has 0 spiro atoms. The molecule has 7 nitrogen and oxygen atoms in total. The van der Waals surface area contributed by atoms with Gasteiger partial charge < -0.3 is 11.1 Å². The van der Waals surface area contributed by atoms with Gasteiger partial charge in [-0.3, -0.25) is 0 Å². The summed E-state index contributed by atoms with van der Waals surface area (Å²) in [6.45, 7) is 2.17. The van der Waals surface area contributed by atoms with E-state index in [9.17, 15) is 0 Å². The fraction of sp³-hybridized carbons (Fsp3) is 0.500. The molecular formula is C12H17N7. The molecule has 0 unspecified atom stereocenters. The van der Waals surface area contributed by atoms with Crippen molar-refractivity contribution in [2.75, 3.05) is 11.1 Å². The Morgan fingerprint density at radius 3 is 2.79 bits per heavy atom. The number of aromatic nitrogens is 5. The van der Waals surface area contributed by atoms with Crippen molar-refractivity contribution in [2.45, 2.75) is 38.1 Å². The first-order valence-corrected chi connectivity index (χ1v) is 6.50. The van der Waals surface area contributed by atoms with Crippen LogP contribution in [-0.2, 0) is 0 Å². The van der Waals surface area contributed by atoms with Gasteiger partial charge in [0, 0.05) is 17.9 Å². The third-order valence-electron chi connectivity index (χ3n) is 3.71. The number of nitrogens with one attached hydrogen (secondary N) is 1. The number of nitrogens with zero attached hydrogens (tertiary/aromatic N) is 5. The van der Waals surface area contributed by atoms with E-state index in [1.165, 1.54) is 6.42 Å². The molecule has 1 saturated carbocycles. The minimum atomic E-state index is 0.120. The van der Waals surface area contributed by atoms with Gasteiger partial charge in [-0.15, -0.1) is 0 Å². The Hall–Kier alpha value is -2.18. The zero-order chi connectivity index (χ0) is 13.3. The standard InChI is InChI=1S/C12H17N7/c1-2-12(5-3-6-12)18-10-15-9(13)16-11(17-10)19-8-4-7-14-19/h4,7-8H,2-3,5-6H2,1H3,(H3,13,15,16,17,18). The first kappa shape index (κ1) is 11.9. The van der Waals surface area contributed by atoms with Crippen molar-refractivity contribution in [3.8, 4) is 5.95 Å². The molecule has 19 heavy (non-hydrogen) atoms. The van der Waals surface area contributed by atoms with Crippen molar-refractivity contribution < 1.29 is 0 Å². The summed E-state index contributed by atoms with van der Waals surface area (Å²) in [6, 6.07) is 1.81. The minimum absolute atomic E-state index is 0.120. The molecular weight excluding hydrogens is 242 g/mol. The van der Waals surface area contributed by atoms with Crippen molar-refractivity contribution in [3.05, 3.63) is 18.5 Å². The van der Waals surface area contributed by atoms with E-state index in [2.05, 4.69) is 32.3 Å². The van der Waals surface area contributed by atoms with E-state index >= 15 is 0 Å². The molecule has 0 saturated heterocycles. The molecule has 0 bridgehead atoms. The molecule has 2 aromatic heterocycles. The van der Waals surface area contributed by atoms with Gasteiger partial charge in [0.05, 0.1) is 0 Å². The Labute approximate surface area is 111 Å². The molecule has 0 radical (unpaired) electrons. The number of hydrogen-bond acceptors (Lipinski definition) is 6. The molecule has 2 aromatic rings. The van der Waals surface area contributed by atoms with Crippen molar-refractivity contribution in [1.82, 2.24) is 24.7 Å². The molecule has 0 atom stereocenters.